The number of hydrogen-bond donors (Lipinski definition) is 1. The number of hydrogen-bond acceptors (Lipinski definition) is 4. The third-order valence-electron chi connectivity index (χ3n) is 3.24. The molecule has 0 aliphatic heterocycles. The van der Waals surface area contributed by atoms with Crippen LogP contribution in [0.4, 0.5) is 9.18 Å². The maximum Gasteiger partial charge on any atom is 0.326 e. The van der Waals surface area contributed by atoms with Gasteiger partial charge in [0.2, 0.25) is 0 Å². The molecule has 1 amide bonds. The first-order valence-corrected chi connectivity index (χ1v) is 7.17. The maximum absolute atomic E-state index is 13.9. The minimum absolute atomic E-state index is 0.245. The molecule has 0 aliphatic carbocycles. The standard InChI is InChI=1S/C16H15FN4O2/c17-14-10-13(9-12-3-1-4-19-15(12)14)23-8-2-5-20-16(22)21-7-6-18-11-21/h1,3-4,6-7,9-11H,2,5,8H2,(H,20,22). The molecule has 0 bridgehead atoms. The third kappa shape index (κ3) is 3.63. The lowest BCUT2D eigenvalue weighted by molar-refractivity contribution is 0.240. The second-order valence-corrected chi connectivity index (χ2v) is 4.88. The van der Waals surface area contributed by atoms with Crippen LogP contribution in [0.25, 0.3) is 10.9 Å². The van der Waals surface area contributed by atoms with Crippen LogP contribution in [0.1, 0.15) is 6.42 Å². The monoisotopic (exact) mass is 314 g/mol. The molecular formula is C16H15FN4O2. The van der Waals surface area contributed by atoms with Crippen molar-refractivity contribution in [3.8, 4) is 5.75 Å². The zero-order chi connectivity index (χ0) is 16.1. The molecule has 0 aliphatic rings. The van der Waals surface area contributed by atoms with Gasteiger partial charge in [-0.1, -0.05) is 6.07 Å². The van der Waals surface area contributed by atoms with Crippen molar-refractivity contribution in [2.24, 2.45) is 0 Å². The number of nitrogens with zero attached hydrogens (tertiary/aromatic N) is 3. The average Bonchev–Trinajstić information content (AvgIpc) is 3.09. The largest absolute Gasteiger partial charge is 0.493 e. The molecule has 118 valence electrons. The number of carbonyl (C=O) groups excluding carboxylic acids is 1. The molecule has 1 N–H and O–H groups in total. The highest BCUT2D eigenvalue weighted by Gasteiger charge is 2.06. The summed E-state index contributed by atoms with van der Waals surface area (Å²) in [4.78, 5) is 19.4. The third-order valence-corrected chi connectivity index (χ3v) is 3.24. The fourth-order valence-electron chi connectivity index (χ4n) is 2.13. The van der Waals surface area contributed by atoms with Crippen LogP contribution in [0.3, 0.4) is 0 Å². The fraction of sp³-hybridized carbons (Fsp3) is 0.188. The van der Waals surface area contributed by atoms with Crippen molar-refractivity contribution < 1.29 is 13.9 Å². The molecule has 0 atom stereocenters. The summed E-state index contributed by atoms with van der Waals surface area (Å²) in [7, 11) is 0. The lowest BCUT2D eigenvalue weighted by Gasteiger charge is -2.09. The molecule has 3 aromatic rings. The number of ether oxygens (including phenoxy) is 1. The summed E-state index contributed by atoms with van der Waals surface area (Å²) in [6.45, 7) is 0.823. The van der Waals surface area contributed by atoms with Crippen LogP contribution in [-0.4, -0.2) is 33.7 Å². The van der Waals surface area contributed by atoms with E-state index in [9.17, 15) is 9.18 Å². The highest BCUT2D eigenvalue weighted by molar-refractivity contribution is 5.80. The summed E-state index contributed by atoms with van der Waals surface area (Å²) < 4.78 is 20.8. The SMILES string of the molecule is O=C(NCCCOc1cc(F)c2ncccc2c1)n1ccnc1. The zero-order valence-corrected chi connectivity index (χ0v) is 12.3. The van der Waals surface area contributed by atoms with Gasteiger partial charge in [0, 0.05) is 36.6 Å². The van der Waals surface area contributed by atoms with Crippen molar-refractivity contribution >= 4 is 16.9 Å². The summed E-state index contributed by atoms with van der Waals surface area (Å²) in [5.74, 6) is 0.0375. The normalized spacial score (nSPS) is 10.7. The molecule has 0 radical (unpaired) electrons. The molecule has 0 spiro atoms. The van der Waals surface area contributed by atoms with Crippen LogP contribution < -0.4 is 10.1 Å². The summed E-state index contributed by atoms with van der Waals surface area (Å²) in [5, 5.41) is 3.42. The zero-order valence-electron chi connectivity index (χ0n) is 12.3. The van der Waals surface area contributed by atoms with E-state index in [1.165, 1.54) is 23.2 Å². The van der Waals surface area contributed by atoms with Gasteiger partial charge in [-0.25, -0.2) is 14.2 Å². The summed E-state index contributed by atoms with van der Waals surface area (Å²) in [6, 6.07) is 6.35. The Bertz CT molecular complexity index is 805. The van der Waals surface area contributed by atoms with Crippen LogP contribution in [0, 0.1) is 5.82 Å². The summed E-state index contributed by atoms with van der Waals surface area (Å²) in [5.41, 5.74) is 0.326. The quantitative estimate of drug-likeness (QED) is 0.735. The smallest absolute Gasteiger partial charge is 0.326 e. The number of benzene rings is 1. The second kappa shape index (κ2) is 6.87. The van der Waals surface area contributed by atoms with E-state index in [4.69, 9.17) is 4.74 Å². The Morgan fingerprint density at radius 3 is 3.09 bits per heavy atom. The summed E-state index contributed by atoms with van der Waals surface area (Å²) >= 11 is 0. The van der Waals surface area contributed by atoms with E-state index in [0.29, 0.717) is 36.2 Å². The Kier molecular flexibility index (Phi) is 4.46. The first-order chi connectivity index (χ1) is 11.2. The van der Waals surface area contributed by atoms with E-state index in [0.717, 1.165) is 0 Å². The van der Waals surface area contributed by atoms with Crippen LogP contribution in [0.2, 0.25) is 0 Å². The Morgan fingerprint density at radius 2 is 2.26 bits per heavy atom. The second-order valence-electron chi connectivity index (χ2n) is 4.88. The van der Waals surface area contributed by atoms with Crippen molar-refractivity contribution in [3.63, 3.8) is 0 Å². The van der Waals surface area contributed by atoms with Crippen LogP contribution in [0.5, 0.6) is 5.75 Å². The van der Waals surface area contributed by atoms with Gasteiger partial charge >= 0.3 is 6.03 Å². The molecule has 6 nitrogen and oxygen atoms in total. The van der Waals surface area contributed by atoms with E-state index in [-0.39, 0.29) is 6.03 Å². The van der Waals surface area contributed by atoms with Crippen LogP contribution in [-0.2, 0) is 0 Å². The molecule has 2 aromatic heterocycles. The Morgan fingerprint density at radius 1 is 1.35 bits per heavy atom. The maximum atomic E-state index is 13.9. The number of nitrogens with one attached hydrogen (secondary N) is 1. The molecule has 0 saturated carbocycles. The molecule has 1 aromatic carbocycles. The van der Waals surface area contributed by atoms with Gasteiger partial charge in [-0.3, -0.25) is 9.55 Å². The predicted molar refractivity (Wildman–Crippen MR) is 82.8 cm³/mol. The van der Waals surface area contributed by atoms with Crippen molar-refractivity contribution in [2.45, 2.75) is 6.42 Å². The molecule has 7 heteroatoms. The Balaban J connectivity index is 1.48. The van der Waals surface area contributed by atoms with Gasteiger partial charge in [0.15, 0.2) is 5.82 Å². The van der Waals surface area contributed by atoms with Gasteiger partial charge in [0.25, 0.3) is 0 Å². The highest BCUT2D eigenvalue weighted by Crippen LogP contribution is 2.22. The number of rotatable bonds is 5. The Labute approximate surface area is 131 Å². The molecule has 23 heavy (non-hydrogen) atoms. The van der Waals surface area contributed by atoms with Crippen molar-refractivity contribution in [3.05, 3.63) is 55.0 Å². The van der Waals surface area contributed by atoms with Crippen LogP contribution in [0.15, 0.2) is 49.2 Å². The fourth-order valence-corrected chi connectivity index (χ4v) is 2.13. The molecule has 0 fully saturated rings. The van der Waals surface area contributed by atoms with Gasteiger partial charge < -0.3 is 10.1 Å². The molecule has 2 heterocycles. The minimum Gasteiger partial charge on any atom is -0.493 e. The van der Waals surface area contributed by atoms with E-state index in [2.05, 4.69) is 15.3 Å². The van der Waals surface area contributed by atoms with Crippen LogP contribution >= 0.6 is 0 Å². The molecule has 0 unspecified atom stereocenters. The lowest BCUT2D eigenvalue weighted by atomic mass is 10.2. The van der Waals surface area contributed by atoms with Crippen molar-refractivity contribution in [2.75, 3.05) is 13.2 Å². The number of amides is 1. The topological polar surface area (TPSA) is 69.0 Å². The minimum atomic E-state index is -0.411. The van der Waals surface area contributed by atoms with E-state index in [1.54, 1.807) is 30.6 Å². The van der Waals surface area contributed by atoms with Gasteiger partial charge in [0.1, 0.15) is 17.6 Å². The number of fused-ring (bicyclic) bond motifs is 1. The first kappa shape index (κ1) is 15.0. The predicted octanol–water partition coefficient (Wildman–Crippen LogP) is 2.60. The van der Waals surface area contributed by atoms with Gasteiger partial charge in [-0.05, 0) is 18.6 Å². The number of imidazole rings is 1. The van der Waals surface area contributed by atoms with Gasteiger partial charge in [-0.2, -0.15) is 0 Å². The Hall–Kier alpha value is -2.96. The molecule has 0 saturated heterocycles. The van der Waals surface area contributed by atoms with Gasteiger partial charge in [0.05, 0.1) is 6.61 Å². The number of halogens is 1. The summed E-state index contributed by atoms with van der Waals surface area (Å²) in [6.07, 6.45) is 6.68. The van der Waals surface area contributed by atoms with Crippen molar-refractivity contribution in [1.29, 1.82) is 0 Å². The number of carbonyl (C=O) groups is 1. The van der Waals surface area contributed by atoms with Gasteiger partial charge in [-0.15, -0.1) is 0 Å². The average molecular weight is 314 g/mol. The number of aromatic nitrogens is 3. The number of pyridine rings is 1. The van der Waals surface area contributed by atoms with E-state index in [1.807, 2.05) is 0 Å². The molecule has 3 rings (SSSR count). The van der Waals surface area contributed by atoms with E-state index < -0.39 is 5.82 Å². The lowest BCUT2D eigenvalue weighted by Crippen LogP contribution is -2.29. The first-order valence-electron chi connectivity index (χ1n) is 7.17. The van der Waals surface area contributed by atoms with Crippen molar-refractivity contribution in [1.82, 2.24) is 19.9 Å². The highest BCUT2D eigenvalue weighted by atomic mass is 19.1. The molecular weight excluding hydrogens is 299 g/mol. The van der Waals surface area contributed by atoms with E-state index >= 15 is 0 Å².